The van der Waals surface area contributed by atoms with Crippen molar-refractivity contribution < 1.29 is 0 Å². The zero-order valence-corrected chi connectivity index (χ0v) is 10.2. The fourth-order valence-corrected chi connectivity index (χ4v) is 2.86. The van der Waals surface area contributed by atoms with Gasteiger partial charge in [0.25, 0.3) is 0 Å². The van der Waals surface area contributed by atoms with Gasteiger partial charge in [-0.05, 0) is 12.1 Å². The lowest BCUT2D eigenvalue weighted by Crippen LogP contribution is -2.39. The minimum Gasteiger partial charge on any atom is -0.262 e. The monoisotopic (exact) mass is 259 g/mol. The first-order valence-electron chi connectivity index (χ1n) is 5.34. The maximum atomic E-state index is 12.1. The Morgan fingerprint density at radius 3 is 2.83 bits per heavy atom. The molecule has 0 N–H and O–H groups in total. The summed E-state index contributed by atoms with van der Waals surface area (Å²) in [5.74, 6) is 0. The Hall–Kier alpha value is -2.21. The molecule has 0 aliphatic rings. The van der Waals surface area contributed by atoms with Crippen LogP contribution in [0.4, 0.5) is 0 Å². The van der Waals surface area contributed by atoms with Gasteiger partial charge in [0.2, 0.25) is 4.96 Å². The molecule has 0 aliphatic carbocycles. The fraction of sp³-hybridized carbons (Fsp3) is 0.0833. The molecule has 3 aromatic rings. The topological polar surface area (TPSA) is 56.4 Å². The van der Waals surface area contributed by atoms with Crippen LogP contribution in [0.15, 0.2) is 46.5 Å². The lowest BCUT2D eigenvalue weighted by Gasteiger charge is -1.99. The van der Waals surface area contributed by atoms with E-state index in [1.165, 1.54) is 21.8 Å². The van der Waals surface area contributed by atoms with Gasteiger partial charge in [0.15, 0.2) is 0 Å². The van der Waals surface area contributed by atoms with E-state index in [9.17, 15) is 9.59 Å². The highest BCUT2D eigenvalue weighted by Crippen LogP contribution is 2.22. The average Bonchev–Trinajstić information content (AvgIpc) is 2.74. The standard InChI is InChI=1S/C12H9N3O2S/c1-2-7-14-10(16)11(17)15-8-5-3-4-6-9(8)18-12(15)13-14/h2-6H,1,7H2. The number of para-hydroxylation sites is 1. The van der Waals surface area contributed by atoms with E-state index in [0.717, 1.165) is 14.9 Å². The molecule has 0 unspecified atom stereocenters. The second kappa shape index (κ2) is 3.92. The number of allylic oxidation sites excluding steroid dienone is 1. The van der Waals surface area contributed by atoms with E-state index in [2.05, 4.69) is 11.7 Å². The van der Waals surface area contributed by atoms with Crippen molar-refractivity contribution in [1.82, 2.24) is 14.2 Å². The molecule has 5 nitrogen and oxygen atoms in total. The minimum atomic E-state index is -0.629. The molecule has 0 amide bonds. The third-order valence-corrected chi connectivity index (χ3v) is 3.64. The molecule has 0 saturated heterocycles. The first kappa shape index (κ1) is 10.9. The van der Waals surface area contributed by atoms with Gasteiger partial charge in [-0.3, -0.25) is 9.59 Å². The van der Waals surface area contributed by atoms with Crippen molar-refractivity contribution in [2.24, 2.45) is 0 Å². The maximum absolute atomic E-state index is 12.1. The van der Waals surface area contributed by atoms with Gasteiger partial charge in [0.05, 0.1) is 16.8 Å². The molecule has 2 heterocycles. The Kier molecular flexibility index (Phi) is 2.38. The molecule has 3 rings (SSSR count). The van der Waals surface area contributed by atoms with Crippen LogP contribution in [0.3, 0.4) is 0 Å². The summed E-state index contributed by atoms with van der Waals surface area (Å²) in [6, 6.07) is 7.42. The Labute approximate surface area is 105 Å². The summed E-state index contributed by atoms with van der Waals surface area (Å²) < 4.78 is 3.43. The van der Waals surface area contributed by atoms with Crippen LogP contribution in [0.5, 0.6) is 0 Å². The van der Waals surface area contributed by atoms with Crippen molar-refractivity contribution in [2.75, 3.05) is 0 Å². The van der Waals surface area contributed by atoms with Crippen molar-refractivity contribution in [2.45, 2.75) is 6.54 Å². The molecule has 0 radical (unpaired) electrons. The number of benzene rings is 1. The van der Waals surface area contributed by atoms with Crippen molar-refractivity contribution in [3.63, 3.8) is 0 Å². The zero-order chi connectivity index (χ0) is 12.7. The van der Waals surface area contributed by atoms with E-state index in [1.807, 2.05) is 18.2 Å². The van der Waals surface area contributed by atoms with Crippen molar-refractivity contribution in [1.29, 1.82) is 0 Å². The molecular weight excluding hydrogens is 250 g/mol. The van der Waals surface area contributed by atoms with Crippen LogP contribution in [0.1, 0.15) is 0 Å². The smallest absolute Gasteiger partial charge is 0.262 e. The van der Waals surface area contributed by atoms with E-state index >= 15 is 0 Å². The molecule has 18 heavy (non-hydrogen) atoms. The number of aromatic nitrogens is 3. The first-order chi connectivity index (χ1) is 8.72. The Morgan fingerprint density at radius 2 is 2.06 bits per heavy atom. The number of hydrogen-bond acceptors (Lipinski definition) is 4. The SMILES string of the molecule is C=CCn1nc2sc3ccccc3n2c(=O)c1=O. The summed E-state index contributed by atoms with van der Waals surface area (Å²) in [5, 5.41) is 4.18. The fourth-order valence-electron chi connectivity index (χ4n) is 1.84. The minimum absolute atomic E-state index is 0.235. The Balaban J connectivity index is 2.54. The van der Waals surface area contributed by atoms with Gasteiger partial charge in [-0.15, -0.1) is 11.7 Å². The normalized spacial score (nSPS) is 11.1. The van der Waals surface area contributed by atoms with Gasteiger partial charge in [-0.2, -0.15) is 0 Å². The van der Waals surface area contributed by atoms with Crippen LogP contribution >= 0.6 is 11.3 Å². The van der Waals surface area contributed by atoms with Gasteiger partial charge in [-0.25, -0.2) is 9.08 Å². The van der Waals surface area contributed by atoms with E-state index in [1.54, 1.807) is 6.07 Å². The quantitative estimate of drug-likeness (QED) is 0.514. The molecule has 0 saturated carbocycles. The largest absolute Gasteiger partial charge is 0.333 e. The molecule has 2 aromatic heterocycles. The van der Waals surface area contributed by atoms with Gasteiger partial charge in [0, 0.05) is 0 Å². The second-order valence-corrected chi connectivity index (χ2v) is 4.78. The number of hydrogen-bond donors (Lipinski definition) is 0. The highest BCUT2D eigenvalue weighted by Gasteiger charge is 2.11. The summed E-state index contributed by atoms with van der Waals surface area (Å²) in [4.78, 5) is 24.4. The van der Waals surface area contributed by atoms with E-state index in [4.69, 9.17) is 0 Å². The van der Waals surface area contributed by atoms with Gasteiger partial charge in [0.1, 0.15) is 0 Å². The van der Waals surface area contributed by atoms with Crippen molar-refractivity contribution in [3.05, 3.63) is 57.6 Å². The third-order valence-electron chi connectivity index (χ3n) is 2.63. The molecule has 6 heteroatoms. The first-order valence-corrected chi connectivity index (χ1v) is 6.16. The molecule has 0 atom stereocenters. The predicted molar refractivity (Wildman–Crippen MR) is 71.3 cm³/mol. The molecule has 0 aliphatic heterocycles. The highest BCUT2D eigenvalue weighted by molar-refractivity contribution is 7.23. The molecule has 1 aromatic carbocycles. The molecule has 0 fully saturated rings. The molecule has 90 valence electrons. The van der Waals surface area contributed by atoms with E-state index < -0.39 is 11.1 Å². The third kappa shape index (κ3) is 1.42. The average molecular weight is 259 g/mol. The lowest BCUT2D eigenvalue weighted by molar-refractivity contribution is 0.643. The Morgan fingerprint density at radius 1 is 1.28 bits per heavy atom. The molecule has 0 spiro atoms. The van der Waals surface area contributed by atoms with Crippen molar-refractivity contribution in [3.8, 4) is 0 Å². The lowest BCUT2D eigenvalue weighted by atomic mass is 10.3. The number of rotatable bonds is 2. The Bertz CT molecular complexity index is 872. The van der Waals surface area contributed by atoms with Crippen LogP contribution in [-0.2, 0) is 6.54 Å². The number of thiazole rings is 1. The van der Waals surface area contributed by atoms with Crippen LogP contribution in [0.2, 0.25) is 0 Å². The summed E-state index contributed by atoms with van der Waals surface area (Å²) in [6.45, 7) is 3.78. The summed E-state index contributed by atoms with van der Waals surface area (Å²) in [7, 11) is 0. The van der Waals surface area contributed by atoms with Crippen LogP contribution < -0.4 is 11.1 Å². The summed E-state index contributed by atoms with van der Waals surface area (Å²) in [5.41, 5.74) is -0.479. The molecule has 0 bridgehead atoms. The van der Waals surface area contributed by atoms with Crippen molar-refractivity contribution >= 4 is 26.5 Å². The zero-order valence-electron chi connectivity index (χ0n) is 9.37. The number of fused-ring (bicyclic) bond motifs is 3. The second-order valence-electron chi connectivity index (χ2n) is 3.77. The summed E-state index contributed by atoms with van der Waals surface area (Å²) >= 11 is 1.38. The van der Waals surface area contributed by atoms with Crippen LogP contribution in [0.25, 0.3) is 15.2 Å². The van der Waals surface area contributed by atoms with E-state index in [-0.39, 0.29) is 6.54 Å². The maximum Gasteiger partial charge on any atom is 0.333 e. The highest BCUT2D eigenvalue weighted by atomic mass is 32.1. The van der Waals surface area contributed by atoms with E-state index in [0.29, 0.717) is 4.96 Å². The number of nitrogens with zero attached hydrogens (tertiary/aromatic N) is 3. The van der Waals surface area contributed by atoms with Crippen LogP contribution in [0, 0.1) is 0 Å². The molecular formula is C12H9N3O2S. The van der Waals surface area contributed by atoms with Gasteiger partial charge in [-0.1, -0.05) is 29.5 Å². The van der Waals surface area contributed by atoms with Gasteiger partial charge >= 0.3 is 11.1 Å². The predicted octanol–water partition coefficient (Wildman–Crippen LogP) is 1.26. The van der Waals surface area contributed by atoms with Crippen LogP contribution in [-0.4, -0.2) is 14.2 Å². The van der Waals surface area contributed by atoms with Gasteiger partial charge < -0.3 is 0 Å². The summed E-state index contributed by atoms with van der Waals surface area (Å²) in [6.07, 6.45) is 1.54.